The minimum atomic E-state index is 0.692. The number of hydrogen-bond donors (Lipinski definition) is 0. The van der Waals surface area contributed by atoms with Crippen LogP contribution in [-0.4, -0.2) is 4.98 Å². The van der Waals surface area contributed by atoms with E-state index >= 15 is 0 Å². The Morgan fingerprint density at radius 2 is 2.00 bits per heavy atom. The van der Waals surface area contributed by atoms with Crippen LogP contribution in [0.25, 0.3) is 11.3 Å². The highest BCUT2D eigenvalue weighted by Gasteiger charge is 2.07. The molecule has 66 valence electrons. The van der Waals surface area contributed by atoms with Gasteiger partial charge in [0.15, 0.2) is 6.39 Å². The van der Waals surface area contributed by atoms with Crippen LogP contribution in [0.5, 0.6) is 0 Å². The Morgan fingerprint density at radius 3 is 2.69 bits per heavy atom. The van der Waals surface area contributed by atoms with Gasteiger partial charge in [-0.25, -0.2) is 4.98 Å². The molecule has 0 radical (unpaired) electrons. The van der Waals surface area contributed by atoms with Crippen molar-refractivity contribution in [2.45, 2.75) is 5.33 Å². The SMILES string of the molecule is BrCc1ocnc1-c1ccccc1. The number of rotatable bonds is 2. The van der Waals surface area contributed by atoms with Crippen molar-refractivity contribution in [3.05, 3.63) is 42.5 Å². The lowest BCUT2D eigenvalue weighted by atomic mass is 10.1. The normalized spacial score (nSPS) is 10.2. The van der Waals surface area contributed by atoms with E-state index in [9.17, 15) is 0 Å². The zero-order valence-corrected chi connectivity index (χ0v) is 8.49. The lowest BCUT2D eigenvalue weighted by molar-refractivity contribution is 0.525. The first kappa shape index (κ1) is 8.51. The molecule has 1 aromatic carbocycles. The molecular formula is C10H8BrNO. The van der Waals surface area contributed by atoms with Gasteiger partial charge in [-0.05, 0) is 0 Å². The molecule has 2 rings (SSSR count). The van der Waals surface area contributed by atoms with Crippen LogP contribution in [0.3, 0.4) is 0 Å². The van der Waals surface area contributed by atoms with E-state index < -0.39 is 0 Å². The van der Waals surface area contributed by atoms with Crippen molar-refractivity contribution < 1.29 is 4.42 Å². The molecule has 0 saturated heterocycles. The number of halogens is 1. The predicted molar refractivity (Wildman–Crippen MR) is 54.6 cm³/mol. The Morgan fingerprint density at radius 1 is 1.23 bits per heavy atom. The van der Waals surface area contributed by atoms with Gasteiger partial charge in [-0.3, -0.25) is 0 Å². The molecule has 0 N–H and O–H groups in total. The van der Waals surface area contributed by atoms with Gasteiger partial charge in [0.25, 0.3) is 0 Å². The van der Waals surface area contributed by atoms with Crippen LogP contribution in [0.4, 0.5) is 0 Å². The summed E-state index contributed by atoms with van der Waals surface area (Å²) in [6, 6.07) is 10.00. The molecule has 0 spiro atoms. The topological polar surface area (TPSA) is 26.0 Å². The van der Waals surface area contributed by atoms with Crippen molar-refractivity contribution >= 4 is 15.9 Å². The minimum Gasteiger partial charge on any atom is -0.447 e. The number of hydrogen-bond acceptors (Lipinski definition) is 2. The number of aromatic nitrogens is 1. The fourth-order valence-corrected chi connectivity index (χ4v) is 1.59. The van der Waals surface area contributed by atoms with E-state index in [-0.39, 0.29) is 0 Å². The Hall–Kier alpha value is -1.09. The summed E-state index contributed by atoms with van der Waals surface area (Å²) < 4.78 is 5.21. The summed E-state index contributed by atoms with van der Waals surface area (Å²) in [6.45, 7) is 0. The molecule has 1 heterocycles. The number of benzene rings is 1. The number of nitrogens with zero attached hydrogens (tertiary/aromatic N) is 1. The Labute approximate surface area is 84.7 Å². The van der Waals surface area contributed by atoms with Gasteiger partial charge in [0.1, 0.15) is 11.5 Å². The fraction of sp³-hybridized carbons (Fsp3) is 0.100. The monoisotopic (exact) mass is 237 g/mol. The highest BCUT2D eigenvalue weighted by Crippen LogP contribution is 2.23. The summed E-state index contributed by atoms with van der Waals surface area (Å²) in [7, 11) is 0. The van der Waals surface area contributed by atoms with Gasteiger partial charge in [-0.1, -0.05) is 46.3 Å². The van der Waals surface area contributed by atoms with Crippen molar-refractivity contribution in [2.24, 2.45) is 0 Å². The van der Waals surface area contributed by atoms with Crippen LogP contribution in [0.15, 0.2) is 41.1 Å². The second-order valence-corrected chi connectivity index (χ2v) is 3.18. The molecule has 0 bridgehead atoms. The molecule has 0 aliphatic heterocycles. The Balaban J connectivity index is 2.47. The van der Waals surface area contributed by atoms with E-state index in [1.165, 1.54) is 6.39 Å². The van der Waals surface area contributed by atoms with Crippen LogP contribution in [0.1, 0.15) is 5.76 Å². The second kappa shape index (κ2) is 3.75. The molecule has 2 nitrogen and oxygen atoms in total. The molecule has 1 aromatic heterocycles. The van der Waals surface area contributed by atoms with Gasteiger partial charge >= 0.3 is 0 Å². The lowest BCUT2D eigenvalue weighted by Crippen LogP contribution is -1.81. The molecule has 0 aliphatic carbocycles. The molecule has 0 saturated carbocycles. The summed E-state index contributed by atoms with van der Waals surface area (Å²) in [5.41, 5.74) is 2.00. The van der Waals surface area contributed by atoms with Crippen LogP contribution < -0.4 is 0 Å². The molecule has 0 aliphatic rings. The number of alkyl halides is 1. The minimum absolute atomic E-state index is 0.692. The van der Waals surface area contributed by atoms with Gasteiger partial charge in [-0.2, -0.15) is 0 Å². The van der Waals surface area contributed by atoms with Gasteiger partial charge in [0, 0.05) is 5.56 Å². The molecule has 13 heavy (non-hydrogen) atoms. The first-order valence-corrected chi connectivity index (χ1v) is 5.07. The fourth-order valence-electron chi connectivity index (χ4n) is 1.20. The molecular weight excluding hydrogens is 230 g/mol. The first-order valence-electron chi connectivity index (χ1n) is 3.95. The largest absolute Gasteiger partial charge is 0.447 e. The molecule has 0 unspecified atom stereocenters. The quantitative estimate of drug-likeness (QED) is 0.750. The molecule has 0 amide bonds. The van der Waals surface area contributed by atoms with E-state index in [0.29, 0.717) is 5.33 Å². The smallest absolute Gasteiger partial charge is 0.181 e. The third-order valence-electron chi connectivity index (χ3n) is 1.81. The summed E-state index contributed by atoms with van der Waals surface area (Å²) >= 11 is 3.35. The lowest BCUT2D eigenvalue weighted by Gasteiger charge is -1.96. The van der Waals surface area contributed by atoms with Gasteiger partial charge in [0.05, 0.1) is 5.33 Å². The van der Waals surface area contributed by atoms with E-state index in [4.69, 9.17) is 4.42 Å². The summed E-state index contributed by atoms with van der Waals surface area (Å²) in [6.07, 6.45) is 1.47. The van der Waals surface area contributed by atoms with Crippen molar-refractivity contribution in [2.75, 3.05) is 0 Å². The zero-order chi connectivity index (χ0) is 9.10. The van der Waals surface area contributed by atoms with Crippen molar-refractivity contribution in [3.63, 3.8) is 0 Å². The maximum absolute atomic E-state index is 5.21. The highest BCUT2D eigenvalue weighted by atomic mass is 79.9. The molecule has 0 atom stereocenters. The van der Waals surface area contributed by atoms with Crippen LogP contribution in [0, 0.1) is 0 Å². The summed E-state index contributed by atoms with van der Waals surface area (Å²) in [5.74, 6) is 0.867. The van der Waals surface area contributed by atoms with Crippen LogP contribution in [-0.2, 0) is 5.33 Å². The standard InChI is InChI=1S/C10H8BrNO/c11-6-9-10(12-7-13-9)8-4-2-1-3-5-8/h1-5,7H,6H2. The zero-order valence-electron chi connectivity index (χ0n) is 6.90. The van der Waals surface area contributed by atoms with Gasteiger partial charge in [-0.15, -0.1) is 0 Å². The van der Waals surface area contributed by atoms with E-state index in [1.54, 1.807) is 0 Å². The maximum Gasteiger partial charge on any atom is 0.181 e. The third-order valence-corrected chi connectivity index (χ3v) is 2.32. The van der Waals surface area contributed by atoms with Crippen LogP contribution in [0.2, 0.25) is 0 Å². The summed E-state index contributed by atoms with van der Waals surface area (Å²) in [4.78, 5) is 4.16. The number of oxazole rings is 1. The van der Waals surface area contributed by atoms with E-state index in [1.807, 2.05) is 30.3 Å². The van der Waals surface area contributed by atoms with Crippen LogP contribution >= 0.6 is 15.9 Å². The van der Waals surface area contributed by atoms with Gasteiger partial charge in [0.2, 0.25) is 0 Å². The highest BCUT2D eigenvalue weighted by molar-refractivity contribution is 9.08. The average molecular weight is 238 g/mol. The summed E-state index contributed by atoms with van der Waals surface area (Å²) in [5, 5.41) is 0.692. The average Bonchev–Trinajstić information content (AvgIpc) is 2.67. The maximum atomic E-state index is 5.21. The molecule has 0 fully saturated rings. The Kier molecular flexibility index (Phi) is 2.45. The van der Waals surface area contributed by atoms with E-state index in [0.717, 1.165) is 17.0 Å². The van der Waals surface area contributed by atoms with Gasteiger partial charge < -0.3 is 4.42 Å². The second-order valence-electron chi connectivity index (χ2n) is 2.62. The molecule has 3 heteroatoms. The Bertz CT molecular complexity index is 383. The third kappa shape index (κ3) is 1.65. The van der Waals surface area contributed by atoms with Crippen molar-refractivity contribution in [1.82, 2.24) is 4.98 Å². The van der Waals surface area contributed by atoms with Crippen molar-refractivity contribution in [1.29, 1.82) is 0 Å². The first-order chi connectivity index (χ1) is 6.42. The van der Waals surface area contributed by atoms with Crippen molar-refractivity contribution in [3.8, 4) is 11.3 Å². The molecule has 2 aromatic rings. The van der Waals surface area contributed by atoms with E-state index in [2.05, 4.69) is 20.9 Å². The predicted octanol–water partition coefficient (Wildman–Crippen LogP) is 3.24.